The highest BCUT2D eigenvalue weighted by Gasteiger charge is 2.17. The molecule has 1 fully saturated rings. The number of aliphatic hydroxyl groups excluding tert-OH is 1. The molecule has 2 rings (SSSR count). The van der Waals surface area contributed by atoms with Gasteiger partial charge in [-0.3, -0.25) is 4.79 Å². The number of amides is 3. The molecule has 3 N–H and O–H groups in total. The van der Waals surface area contributed by atoms with Gasteiger partial charge in [-0.05, 0) is 43.5 Å². The van der Waals surface area contributed by atoms with Gasteiger partial charge < -0.3 is 25.4 Å². The van der Waals surface area contributed by atoms with E-state index in [4.69, 9.17) is 16.3 Å². The van der Waals surface area contributed by atoms with E-state index in [1.165, 1.54) is 0 Å². The average molecular weight is 384 g/mol. The van der Waals surface area contributed by atoms with Crippen LogP contribution in [0.1, 0.15) is 24.8 Å². The predicted octanol–water partition coefficient (Wildman–Crippen LogP) is 1.70. The fraction of sp³-hybridized carbons (Fsp3) is 0.556. The fourth-order valence-corrected chi connectivity index (χ4v) is 2.75. The number of hydrogen-bond donors (Lipinski definition) is 3. The Kier molecular flexibility index (Phi) is 8.00. The minimum absolute atomic E-state index is 0.0592. The summed E-state index contributed by atoms with van der Waals surface area (Å²) in [6, 6.07) is 4.87. The van der Waals surface area contributed by atoms with E-state index in [1.54, 1.807) is 23.1 Å². The molecule has 0 bridgehead atoms. The number of aliphatic hydroxyl groups is 1. The van der Waals surface area contributed by atoms with E-state index < -0.39 is 6.10 Å². The largest absolute Gasteiger partial charge is 0.491 e. The molecule has 3 amide bonds. The van der Waals surface area contributed by atoms with Gasteiger partial charge in [-0.2, -0.15) is 0 Å². The molecule has 1 aromatic rings. The molecular formula is C18H26ClN3O4. The molecule has 1 aliphatic rings. The molecule has 1 heterocycles. The SMILES string of the molecule is Cc1cc(OC[C@@H](O)CNC(=O)NCCN2CCCCC2=O)ccc1Cl. The molecule has 0 aliphatic carbocycles. The standard InChI is InChI=1S/C18H26ClN3O4/c1-13-10-15(5-6-16(13)19)26-12-14(23)11-21-18(25)20-7-9-22-8-3-2-4-17(22)24/h5-6,10,14,23H,2-4,7-9,11-12H2,1H3,(H2,20,21,25)/t14-/m0/s1. The van der Waals surface area contributed by atoms with Crippen LogP contribution >= 0.6 is 11.6 Å². The van der Waals surface area contributed by atoms with Crippen molar-refractivity contribution in [3.05, 3.63) is 28.8 Å². The van der Waals surface area contributed by atoms with Gasteiger partial charge in [0.15, 0.2) is 0 Å². The Hall–Kier alpha value is -1.99. The quantitative estimate of drug-likeness (QED) is 0.637. The number of carbonyl (C=O) groups excluding carboxylic acids is 2. The summed E-state index contributed by atoms with van der Waals surface area (Å²) >= 11 is 5.95. The first kappa shape index (κ1) is 20.3. The molecule has 26 heavy (non-hydrogen) atoms. The number of piperidine rings is 1. The molecule has 7 nitrogen and oxygen atoms in total. The third-order valence-corrected chi connectivity index (χ3v) is 4.58. The topological polar surface area (TPSA) is 90.9 Å². The number of nitrogens with zero attached hydrogens (tertiary/aromatic N) is 1. The van der Waals surface area contributed by atoms with Crippen molar-refractivity contribution in [2.45, 2.75) is 32.3 Å². The van der Waals surface area contributed by atoms with Crippen molar-refractivity contribution in [2.75, 3.05) is 32.8 Å². The minimum atomic E-state index is -0.833. The Morgan fingerprint density at radius 1 is 1.38 bits per heavy atom. The first-order chi connectivity index (χ1) is 12.5. The second-order valence-corrected chi connectivity index (χ2v) is 6.76. The smallest absolute Gasteiger partial charge is 0.314 e. The maximum Gasteiger partial charge on any atom is 0.314 e. The van der Waals surface area contributed by atoms with E-state index >= 15 is 0 Å². The van der Waals surface area contributed by atoms with Crippen molar-refractivity contribution in [3.63, 3.8) is 0 Å². The van der Waals surface area contributed by atoms with Gasteiger partial charge in [-0.1, -0.05) is 11.6 Å². The Morgan fingerprint density at radius 3 is 2.92 bits per heavy atom. The lowest BCUT2D eigenvalue weighted by atomic mass is 10.1. The lowest BCUT2D eigenvalue weighted by Crippen LogP contribution is -2.45. The minimum Gasteiger partial charge on any atom is -0.491 e. The Labute approximate surface area is 158 Å². The van der Waals surface area contributed by atoms with Crippen molar-refractivity contribution >= 4 is 23.5 Å². The van der Waals surface area contributed by atoms with Crippen molar-refractivity contribution < 1.29 is 19.4 Å². The lowest BCUT2D eigenvalue weighted by Gasteiger charge is -2.26. The molecular weight excluding hydrogens is 358 g/mol. The second kappa shape index (κ2) is 10.2. The third kappa shape index (κ3) is 6.72. The summed E-state index contributed by atoms with van der Waals surface area (Å²) in [5.41, 5.74) is 0.892. The van der Waals surface area contributed by atoms with Gasteiger partial charge in [0.05, 0.1) is 0 Å². The van der Waals surface area contributed by atoms with Crippen molar-refractivity contribution in [1.82, 2.24) is 15.5 Å². The normalized spacial score (nSPS) is 15.5. The lowest BCUT2D eigenvalue weighted by molar-refractivity contribution is -0.133. The van der Waals surface area contributed by atoms with E-state index in [0.717, 1.165) is 24.9 Å². The van der Waals surface area contributed by atoms with Crippen molar-refractivity contribution in [1.29, 1.82) is 0 Å². The zero-order valence-electron chi connectivity index (χ0n) is 15.0. The molecule has 0 aromatic heterocycles. The van der Waals surface area contributed by atoms with Crippen LogP contribution in [-0.2, 0) is 4.79 Å². The Morgan fingerprint density at radius 2 is 2.19 bits per heavy atom. The number of carbonyl (C=O) groups is 2. The van der Waals surface area contributed by atoms with E-state index in [9.17, 15) is 14.7 Å². The maximum absolute atomic E-state index is 11.7. The molecule has 1 atom stereocenters. The molecule has 144 valence electrons. The number of benzene rings is 1. The number of likely N-dealkylation sites (tertiary alicyclic amines) is 1. The molecule has 1 saturated heterocycles. The zero-order valence-corrected chi connectivity index (χ0v) is 15.7. The molecule has 1 aliphatic heterocycles. The highest BCUT2D eigenvalue weighted by molar-refractivity contribution is 6.31. The van der Waals surface area contributed by atoms with Crippen LogP contribution in [0.4, 0.5) is 4.79 Å². The number of nitrogens with one attached hydrogen (secondary N) is 2. The summed E-state index contributed by atoms with van der Waals surface area (Å²) in [5.74, 6) is 0.755. The molecule has 0 radical (unpaired) electrons. The summed E-state index contributed by atoms with van der Waals surface area (Å²) in [5, 5.41) is 15.8. The van der Waals surface area contributed by atoms with E-state index in [-0.39, 0.29) is 25.1 Å². The Bertz CT molecular complexity index is 626. The molecule has 0 spiro atoms. The monoisotopic (exact) mass is 383 g/mol. The first-order valence-corrected chi connectivity index (χ1v) is 9.20. The van der Waals surface area contributed by atoms with Gasteiger partial charge >= 0.3 is 6.03 Å². The van der Waals surface area contributed by atoms with Crippen molar-refractivity contribution in [2.24, 2.45) is 0 Å². The summed E-state index contributed by atoms with van der Waals surface area (Å²) in [6.07, 6.45) is 1.71. The zero-order chi connectivity index (χ0) is 18.9. The summed E-state index contributed by atoms with van der Waals surface area (Å²) in [7, 11) is 0. The van der Waals surface area contributed by atoms with Crippen LogP contribution in [-0.4, -0.2) is 60.8 Å². The number of aryl methyl sites for hydroxylation is 1. The van der Waals surface area contributed by atoms with E-state index in [0.29, 0.717) is 30.3 Å². The van der Waals surface area contributed by atoms with Gasteiger partial charge in [0.2, 0.25) is 5.91 Å². The fourth-order valence-electron chi connectivity index (χ4n) is 2.63. The number of urea groups is 1. The van der Waals surface area contributed by atoms with Gasteiger partial charge in [0.1, 0.15) is 18.5 Å². The van der Waals surface area contributed by atoms with Crippen LogP contribution in [0.15, 0.2) is 18.2 Å². The van der Waals surface area contributed by atoms with Gasteiger partial charge in [0.25, 0.3) is 0 Å². The summed E-state index contributed by atoms with van der Waals surface area (Å²) < 4.78 is 5.48. The summed E-state index contributed by atoms with van der Waals surface area (Å²) in [4.78, 5) is 25.2. The van der Waals surface area contributed by atoms with Gasteiger partial charge in [0, 0.05) is 37.6 Å². The van der Waals surface area contributed by atoms with E-state index in [2.05, 4.69) is 10.6 Å². The highest BCUT2D eigenvalue weighted by Crippen LogP contribution is 2.21. The molecule has 0 saturated carbocycles. The van der Waals surface area contributed by atoms with E-state index in [1.807, 2.05) is 6.92 Å². The Balaban J connectivity index is 1.59. The second-order valence-electron chi connectivity index (χ2n) is 6.35. The number of ether oxygens (including phenoxy) is 1. The van der Waals surface area contributed by atoms with Crippen LogP contribution < -0.4 is 15.4 Å². The number of hydrogen-bond acceptors (Lipinski definition) is 4. The van der Waals surface area contributed by atoms with Gasteiger partial charge in [-0.25, -0.2) is 4.79 Å². The predicted molar refractivity (Wildman–Crippen MR) is 99.5 cm³/mol. The molecule has 0 unspecified atom stereocenters. The summed E-state index contributed by atoms with van der Waals surface area (Å²) in [6.45, 7) is 3.64. The molecule has 8 heteroatoms. The molecule has 1 aromatic carbocycles. The van der Waals surface area contributed by atoms with Crippen LogP contribution in [0.5, 0.6) is 5.75 Å². The van der Waals surface area contributed by atoms with Crippen LogP contribution in [0.25, 0.3) is 0 Å². The number of rotatable bonds is 8. The average Bonchev–Trinajstić information content (AvgIpc) is 2.62. The number of halogens is 1. The van der Waals surface area contributed by atoms with Crippen LogP contribution in [0.2, 0.25) is 5.02 Å². The van der Waals surface area contributed by atoms with Crippen molar-refractivity contribution in [3.8, 4) is 5.75 Å². The van der Waals surface area contributed by atoms with Crippen LogP contribution in [0, 0.1) is 6.92 Å². The highest BCUT2D eigenvalue weighted by atomic mass is 35.5. The van der Waals surface area contributed by atoms with Gasteiger partial charge in [-0.15, -0.1) is 0 Å². The van der Waals surface area contributed by atoms with Crippen LogP contribution in [0.3, 0.4) is 0 Å². The third-order valence-electron chi connectivity index (χ3n) is 4.16. The first-order valence-electron chi connectivity index (χ1n) is 8.82. The maximum atomic E-state index is 11.7.